The summed E-state index contributed by atoms with van der Waals surface area (Å²) in [6, 6.07) is 2.45. The van der Waals surface area contributed by atoms with E-state index in [4.69, 9.17) is 0 Å². The maximum absolute atomic E-state index is 12.7. The van der Waals surface area contributed by atoms with E-state index in [1.807, 2.05) is 0 Å². The number of alkyl halides is 3. The van der Waals surface area contributed by atoms with Gasteiger partial charge < -0.3 is 0 Å². The van der Waals surface area contributed by atoms with Gasteiger partial charge >= 0.3 is 6.18 Å². The Hall–Kier alpha value is -1.90. The molecule has 0 bridgehead atoms. The van der Waals surface area contributed by atoms with Crippen molar-refractivity contribution in [2.24, 2.45) is 10.1 Å². The predicted octanol–water partition coefficient (Wildman–Crippen LogP) is 1.42. The SMILES string of the molecule is CS(=O)(=O)c1cc(C2=N[N]C=N2)cc(C(F)(F)F)c1. The average Bonchev–Trinajstić information content (AvgIpc) is 2.79. The highest BCUT2D eigenvalue weighted by Crippen LogP contribution is 2.32. The molecule has 1 aromatic carbocycles. The molecule has 1 aliphatic rings. The zero-order chi connectivity index (χ0) is 14.3. The zero-order valence-corrected chi connectivity index (χ0v) is 10.3. The lowest BCUT2D eigenvalue weighted by Crippen LogP contribution is -2.10. The Labute approximate surface area is 106 Å². The monoisotopic (exact) mass is 290 g/mol. The summed E-state index contributed by atoms with van der Waals surface area (Å²) in [7, 11) is -3.78. The molecule has 1 aromatic rings. The Bertz CT molecular complexity index is 678. The molecule has 1 radical (unpaired) electrons. The number of hydrogen-bond acceptors (Lipinski definition) is 4. The third-order valence-electron chi connectivity index (χ3n) is 2.30. The van der Waals surface area contributed by atoms with Gasteiger partial charge in [0.05, 0.1) is 10.5 Å². The van der Waals surface area contributed by atoms with Gasteiger partial charge in [0.2, 0.25) is 0 Å². The second kappa shape index (κ2) is 4.34. The first-order valence-corrected chi connectivity index (χ1v) is 6.80. The fraction of sp³-hybridized carbons (Fsp3) is 0.200. The van der Waals surface area contributed by atoms with E-state index in [2.05, 4.69) is 15.5 Å². The lowest BCUT2D eigenvalue weighted by Gasteiger charge is -2.10. The summed E-state index contributed by atoms with van der Waals surface area (Å²) in [6.45, 7) is 0. The molecule has 5 nitrogen and oxygen atoms in total. The number of halogens is 3. The molecule has 0 spiro atoms. The van der Waals surface area contributed by atoms with Crippen LogP contribution in [0.25, 0.3) is 0 Å². The van der Waals surface area contributed by atoms with E-state index in [9.17, 15) is 21.6 Å². The van der Waals surface area contributed by atoms with Gasteiger partial charge in [-0.1, -0.05) is 0 Å². The number of aliphatic imine (C=N–C) groups is 1. The summed E-state index contributed by atoms with van der Waals surface area (Å²) in [4.78, 5) is 3.21. The van der Waals surface area contributed by atoms with Gasteiger partial charge in [-0.05, 0) is 18.2 Å². The third kappa shape index (κ3) is 2.92. The second-order valence-corrected chi connectivity index (χ2v) is 5.82. The highest BCUT2D eigenvalue weighted by molar-refractivity contribution is 7.90. The maximum atomic E-state index is 12.7. The van der Waals surface area contributed by atoms with Crippen molar-refractivity contribution in [3.63, 3.8) is 0 Å². The lowest BCUT2D eigenvalue weighted by molar-refractivity contribution is -0.137. The van der Waals surface area contributed by atoms with Crippen molar-refractivity contribution in [3.8, 4) is 0 Å². The van der Waals surface area contributed by atoms with Crippen LogP contribution >= 0.6 is 0 Å². The third-order valence-corrected chi connectivity index (χ3v) is 3.40. The van der Waals surface area contributed by atoms with Crippen molar-refractivity contribution in [1.82, 2.24) is 5.43 Å². The highest BCUT2D eigenvalue weighted by Gasteiger charge is 2.32. The van der Waals surface area contributed by atoms with Crippen LogP contribution in [-0.2, 0) is 16.0 Å². The smallest absolute Gasteiger partial charge is 0.224 e. The molecule has 0 fully saturated rings. The van der Waals surface area contributed by atoms with Gasteiger partial charge in [0.1, 0.15) is 6.34 Å². The molecular weight excluding hydrogens is 283 g/mol. The van der Waals surface area contributed by atoms with Crippen LogP contribution in [0.2, 0.25) is 0 Å². The molecule has 2 rings (SSSR count). The first kappa shape index (κ1) is 13.5. The van der Waals surface area contributed by atoms with E-state index in [-0.39, 0.29) is 11.4 Å². The minimum absolute atomic E-state index is 0.0484. The van der Waals surface area contributed by atoms with Gasteiger partial charge in [-0.25, -0.2) is 13.4 Å². The van der Waals surface area contributed by atoms with Crippen LogP contribution in [0.1, 0.15) is 11.1 Å². The van der Waals surface area contributed by atoms with Gasteiger partial charge in [-0.2, -0.15) is 13.2 Å². The van der Waals surface area contributed by atoms with Crippen LogP contribution in [-0.4, -0.2) is 26.8 Å². The summed E-state index contributed by atoms with van der Waals surface area (Å²) >= 11 is 0. The predicted molar refractivity (Wildman–Crippen MR) is 61.7 cm³/mol. The summed E-state index contributed by atoms with van der Waals surface area (Å²) in [5, 5.41) is 3.51. The number of amidine groups is 1. The quantitative estimate of drug-likeness (QED) is 0.826. The van der Waals surface area contributed by atoms with Crippen molar-refractivity contribution >= 4 is 22.0 Å². The van der Waals surface area contributed by atoms with E-state index in [1.54, 1.807) is 0 Å². The van der Waals surface area contributed by atoms with Gasteiger partial charge in [-0.15, -0.1) is 10.5 Å². The van der Waals surface area contributed by atoms with Crippen LogP contribution in [0.4, 0.5) is 13.2 Å². The fourth-order valence-electron chi connectivity index (χ4n) is 1.42. The fourth-order valence-corrected chi connectivity index (χ4v) is 2.11. The largest absolute Gasteiger partial charge is 0.416 e. The summed E-state index contributed by atoms with van der Waals surface area (Å²) < 4.78 is 61.0. The van der Waals surface area contributed by atoms with Gasteiger partial charge in [0.15, 0.2) is 15.7 Å². The number of nitrogens with zero attached hydrogens (tertiary/aromatic N) is 3. The summed E-state index contributed by atoms with van der Waals surface area (Å²) in [6.07, 6.45) is -2.76. The number of sulfone groups is 1. The molecule has 1 aliphatic heterocycles. The number of rotatable bonds is 2. The summed E-state index contributed by atoms with van der Waals surface area (Å²) in [5.74, 6) is -0.0593. The van der Waals surface area contributed by atoms with E-state index >= 15 is 0 Å². The standard InChI is InChI=1S/C10H7F3N3O2S/c1-19(17,18)8-3-6(9-14-5-15-16-9)2-7(4-8)10(11,12)13/h2-5H,1H3. The van der Waals surface area contributed by atoms with Crippen LogP contribution in [0.15, 0.2) is 33.2 Å². The molecule has 9 heteroatoms. The molecule has 19 heavy (non-hydrogen) atoms. The Morgan fingerprint density at radius 3 is 2.32 bits per heavy atom. The van der Waals surface area contributed by atoms with Crippen molar-refractivity contribution in [2.75, 3.05) is 6.26 Å². The Morgan fingerprint density at radius 2 is 1.84 bits per heavy atom. The first-order chi connectivity index (χ1) is 8.68. The molecule has 0 atom stereocenters. The van der Waals surface area contributed by atoms with Crippen molar-refractivity contribution in [2.45, 2.75) is 11.1 Å². The van der Waals surface area contributed by atoms with Gasteiger partial charge in [0.25, 0.3) is 0 Å². The molecular formula is C10H7F3N3O2S. The maximum Gasteiger partial charge on any atom is 0.416 e. The number of benzene rings is 1. The first-order valence-electron chi connectivity index (χ1n) is 4.91. The molecule has 0 saturated carbocycles. The van der Waals surface area contributed by atoms with Crippen molar-refractivity contribution in [1.29, 1.82) is 0 Å². The van der Waals surface area contributed by atoms with Crippen LogP contribution in [0.3, 0.4) is 0 Å². The molecule has 0 N–H and O–H groups in total. The molecule has 0 unspecified atom stereocenters. The minimum atomic E-state index is -4.66. The Kier molecular flexibility index (Phi) is 3.09. The lowest BCUT2D eigenvalue weighted by atomic mass is 10.1. The second-order valence-electron chi connectivity index (χ2n) is 3.80. The van der Waals surface area contributed by atoms with E-state index in [0.717, 1.165) is 24.7 Å². The van der Waals surface area contributed by atoms with Crippen LogP contribution < -0.4 is 5.43 Å². The molecule has 0 aromatic heterocycles. The molecule has 0 saturated heterocycles. The average molecular weight is 290 g/mol. The van der Waals surface area contributed by atoms with Gasteiger partial charge in [-0.3, -0.25) is 0 Å². The van der Waals surface area contributed by atoms with Crippen LogP contribution in [0.5, 0.6) is 0 Å². The number of hydrogen-bond donors (Lipinski definition) is 0. The van der Waals surface area contributed by atoms with Crippen molar-refractivity contribution in [3.05, 3.63) is 29.3 Å². The molecule has 0 amide bonds. The normalized spacial score (nSPS) is 15.3. The summed E-state index contributed by atoms with van der Waals surface area (Å²) in [5.41, 5.74) is 2.27. The van der Waals surface area contributed by atoms with E-state index in [0.29, 0.717) is 6.07 Å². The Morgan fingerprint density at radius 1 is 1.16 bits per heavy atom. The molecule has 0 aliphatic carbocycles. The topological polar surface area (TPSA) is 73.0 Å². The molecule has 101 valence electrons. The van der Waals surface area contributed by atoms with E-state index in [1.165, 1.54) is 0 Å². The van der Waals surface area contributed by atoms with E-state index < -0.39 is 26.5 Å². The van der Waals surface area contributed by atoms with Gasteiger partial charge in [0, 0.05) is 11.8 Å². The van der Waals surface area contributed by atoms with Crippen LogP contribution in [0, 0.1) is 0 Å². The zero-order valence-electron chi connectivity index (χ0n) is 9.51. The van der Waals surface area contributed by atoms with Crippen molar-refractivity contribution < 1.29 is 21.6 Å². The molecule has 1 heterocycles. The Balaban J connectivity index is 2.65. The highest BCUT2D eigenvalue weighted by atomic mass is 32.2. The minimum Gasteiger partial charge on any atom is -0.224 e.